The second kappa shape index (κ2) is 2.12. The summed E-state index contributed by atoms with van der Waals surface area (Å²) in [5.41, 5.74) is 0. The van der Waals surface area contributed by atoms with Gasteiger partial charge in [0.05, 0.1) is 0 Å². The average Bonchev–Trinajstić information content (AvgIpc) is 1.72. The Balaban J connectivity index is 2.46. The summed E-state index contributed by atoms with van der Waals surface area (Å²) in [5.74, 6) is 4.17. The summed E-state index contributed by atoms with van der Waals surface area (Å²) in [5, 5.41) is 0. The summed E-state index contributed by atoms with van der Waals surface area (Å²) in [6.07, 6.45) is 2.47. The molecule has 0 N–H and O–H groups in total. The number of rotatable bonds is 0. The molecule has 0 bridgehead atoms. The molecule has 0 aliphatic carbocycles. The molecule has 0 saturated carbocycles. The molecule has 0 amide bonds. The van der Waals surface area contributed by atoms with Crippen LogP contribution in [0.1, 0.15) is 0 Å². The number of hydrogen-bond donors (Lipinski definition) is 0. The normalized spacial score (nSPS) is 16.0. The Kier molecular flexibility index (Phi) is 1.43. The summed E-state index contributed by atoms with van der Waals surface area (Å²) in [4.78, 5) is 0. The summed E-state index contributed by atoms with van der Waals surface area (Å²) in [6, 6.07) is 0. The molecule has 1 rings (SSSR count). The standard InChI is InChI=1S/C4H6B2/c1-2-6-4-3-5-1/h1-2H,3-4H2. The van der Waals surface area contributed by atoms with E-state index in [4.69, 9.17) is 0 Å². The maximum absolute atomic E-state index is 2.18. The van der Waals surface area contributed by atoms with Gasteiger partial charge in [-0.1, -0.05) is 0 Å². The molecule has 0 aromatic rings. The first kappa shape index (κ1) is 4.04. The Bertz CT molecular complexity index is 71.5. The van der Waals surface area contributed by atoms with Crippen LogP contribution < -0.4 is 0 Å². The fourth-order valence-corrected chi connectivity index (χ4v) is 0.542. The molecule has 1 aliphatic heterocycles. The van der Waals surface area contributed by atoms with Crippen molar-refractivity contribution < 1.29 is 0 Å². The summed E-state index contributed by atoms with van der Waals surface area (Å²) >= 11 is 0. The van der Waals surface area contributed by atoms with Gasteiger partial charge in [-0.25, -0.2) is 0 Å². The van der Waals surface area contributed by atoms with Crippen molar-refractivity contribution in [3.8, 4) is 0 Å². The fraction of sp³-hybridized carbons (Fsp3) is 0.500. The van der Waals surface area contributed by atoms with Crippen LogP contribution >= 0.6 is 0 Å². The molecule has 0 radical (unpaired) electrons. The second-order valence-electron chi connectivity index (χ2n) is 1.43. The Labute approximate surface area is 39.4 Å². The van der Waals surface area contributed by atoms with Gasteiger partial charge in [0.25, 0.3) is 0 Å². The third-order valence-corrected chi connectivity index (χ3v) is 0.883. The van der Waals surface area contributed by atoms with E-state index >= 15 is 0 Å². The van der Waals surface area contributed by atoms with Gasteiger partial charge in [0, 0.05) is 0 Å². The van der Waals surface area contributed by atoms with Crippen LogP contribution in [0.4, 0.5) is 0 Å². The number of hydrogen-bond acceptors (Lipinski definition) is 0. The Hall–Kier alpha value is -0.130. The third kappa shape index (κ3) is 0.925. The molecular formula is C4H6B2. The van der Waals surface area contributed by atoms with Crippen molar-refractivity contribution in [2.45, 2.75) is 12.6 Å². The Morgan fingerprint density at radius 1 is 1.00 bits per heavy atom. The first-order valence-electron chi connectivity index (χ1n) is 2.32. The van der Waals surface area contributed by atoms with E-state index in [1.54, 1.807) is 0 Å². The summed E-state index contributed by atoms with van der Waals surface area (Å²) in [6.45, 7) is 4.36. The van der Waals surface area contributed by atoms with Crippen LogP contribution in [0.25, 0.3) is 0 Å². The van der Waals surface area contributed by atoms with Gasteiger partial charge in [-0.2, -0.15) is 0 Å². The molecule has 0 atom stereocenters. The van der Waals surface area contributed by atoms with E-state index in [1.807, 2.05) is 0 Å². The minimum atomic E-state index is 1.23. The Morgan fingerprint density at radius 3 is 1.67 bits per heavy atom. The molecular weight excluding hydrogens is 69.7 g/mol. The molecule has 6 heavy (non-hydrogen) atoms. The minimum absolute atomic E-state index is 1.23. The van der Waals surface area contributed by atoms with Crippen LogP contribution in [0.3, 0.4) is 0 Å². The van der Waals surface area contributed by atoms with Crippen LogP contribution in [-0.2, 0) is 0 Å². The molecule has 28 valence electrons. The Morgan fingerprint density at radius 2 is 1.50 bits per heavy atom. The molecule has 0 nitrogen and oxygen atoms in total. The van der Waals surface area contributed by atoms with Crippen molar-refractivity contribution in [3.63, 3.8) is 0 Å². The van der Waals surface area contributed by atoms with Gasteiger partial charge in [0.2, 0.25) is 0 Å². The summed E-state index contributed by atoms with van der Waals surface area (Å²) in [7, 11) is 0. The van der Waals surface area contributed by atoms with Crippen molar-refractivity contribution in [1.29, 1.82) is 0 Å². The molecule has 0 spiro atoms. The zero-order valence-corrected chi connectivity index (χ0v) is 3.72. The zero-order valence-electron chi connectivity index (χ0n) is 3.72. The zero-order chi connectivity index (χ0) is 4.24. The van der Waals surface area contributed by atoms with Crippen LogP contribution in [0.2, 0.25) is 12.6 Å². The van der Waals surface area contributed by atoms with Crippen molar-refractivity contribution in [2.24, 2.45) is 0 Å². The van der Waals surface area contributed by atoms with Crippen molar-refractivity contribution >= 4 is 25.8 Å². The van der Waals surface area contributed by atoms with Gasteiger partial charge in [-0.15, -0.1) is 0 Å². The molecule has 2 heteroatoms. The van der Waals surface area contributed by atoms with E-state index < -0.39 is 0 Å². The van der Waals surface area contributed by atoms with Gasteiger partial charge in [0.15, 0.2) is 0 Å². The van der Waals surface area contributed by atoms with E-state index in [0.29, 0.717) is 0 Å². The SMILES string of the molecule is B1=CC=BCC1. The third-order valence-electron chi connectivity index (χ3n) is 0.883. The molecule has 0 aromatic carbocycles. The maximum atomic E-state index is 2.18. The van der Waals surface area contributed by atoms with E-state index in [-0.39, 0.29) is 0 Å². The predicted octanol–water partition coefficient (Wildman–Crippen LogP) is -0.151. The fourth-order valence-electron chi connectivity index (χ4n) is 0.542. The van der Waals surface area contributed by atoms with Crippen molar-refractivity contribution in [1.82, 2.24) is 0 Å². The van der Waals surface area contributed by atoms with Crippen LogP contribution in [0, 0.1) is 0 Å². The van der Waals surface area contributed by atoms with Gasteiger partial charge in [-0.3, -0.25) is 0 Å². The first-order valence-corrected chi connectivity index (χ1v) is 2.32. The van der Waals surface area contributed by atoms with E-state index in [9.17, 15) is 0 Å². The predicted molar refractivity (Wildman–Crippen MR) is 33.2 cm³/mol. The van der Waals surface area contributed by atoms with E-state index in [1.165, 1.54) is 12.6 Å². The molecule has 0 fully saturated rings. The monoisotopic (exact) mass is 76.1 g/mol. The van der Waals surface area contributed by atoms with Crippen LogP contribution in [0.5, 0.6) is 0 Å². The first-order chi connectivity index (χ1) is 3.00. The van der Waals surface area contributed by atoms with Crippen molar-refractivity contribution in [3.05, 3.63) is 0 Å². The average molecular weight is 75.7 g/mol. The van der Waals surface area contributed by atoms with Gasteiger partial charge in [0.1, 0.15) is 0 Å². The summed E-state index contributed by atoms with van der Waals surface area (Å²) < 4.78 is 0. The topological polar surface area (TPSA) is 0 Å². The second-order valence-corrected chi connectivity index (χ2v) is 1.43. The quantitative estimate of drug-likeness (QED) is 0.352. The van der Waals surface area contributed by atoms with Crippen molar-refractivity contribution in [2.75, 3.05) is 0 Å². The van der Waals surface area contributed by atoms with Gasteiger partial charge < -0.3 is 0 Å². The van der Waals surface area contributed by atoms with E-state index in [0.717, 1.165) is 0 Å². The van der Waals surface area contributed by atoms with Crippen LogP contribution in [-0.4, -0.2) is 25.8 Å². The van der Waals surface area contributed by atoms with Gasteiger partial charge in [-0.05, 0) is 0 Å². The molecule has 1 heterocycles. The van der Waals surface area contributed by atoms with Gasteiger partial charge >= 0.3 is 38.4 Å². The molecule has 0 aromatic heterocycles. The molecule has 1 aliphatic rings. The van der Waals surface area contributed by atoms with Crippen LogP contribution in [0.15, 0.2) is 0 Å². The molecule has 0 unspecified atom stereocenters. The van der Waals surface area contributed by atoms with E-state index in [2.05, 4.69) is 25.8 Å². The molecule has 0 saturated heterocycles.